The van der Waals surface area contributed by atoms with Gasteiger partial charge in [0.25, 0.3) is 0 Å². The van der Waals surface area contributed by atoms with Crippen LogP contribution in [0, 0.1) is 5.92 Å². The predicted octanol–water partition coefficient (Wildman–Crippen LogP) is 0.899. The third kappa shape index (κ3) is 3.94. The largest absolute Gasteiger partial charge is 0.478 e. The van der Waals surface area contributed by atoms with Crippen molar-refractivity contribution in [2.24, 2.45) is 5.92 Å². The Kier molecular flexibility index (Phi) is 4.96. The van der Waals surface area contributed by atoms with Crippen molar-refractivity contribution in [1.29, 1.82) is 0 Å². The normalized spacial score (nSPS) is 21.8. The van der Waals surface area contributed by atoms with E-state index in [2.05, 4.69) is 16.8 Å². The van der Waals surface area contributed by atoms with E-state index in [0.717, 1.165) is 25.9 Å². The smallest absolute Gasteiger partial charge is 0.328 e. The molecule has 92 valence electrons. The molecular formula is C12H22N2O2. The highest BCUT2D eigenvalue weighted by Crippen LogP contribution is 2.23. The molecule has 1 fully saturated rings. The Morgan fingerprint density at radius 2 is 2.00 bits per heavy atom. The zero-order valence-corrected chi connectivity index (χ0v) is 10.4. The van der Waals surface area contributed by atoms with Crippen LogP contribution in [0.4, 0.5) is 0 Å². The summed E-state index contributed by atoms with van der Waals surface area (Å²) in [5.74, 6) is -0.290. The minimum atomic E-state index is -0.861. The van der Waals surface area contributed by atoms with Gasteiger partial charge in [-0.25, -0.2) is 4.79 Å². The van der Waals surface area contributed by atoms with E-state index in [4.69, 9.17) is 5.11 Å². The summed E-state index contributed by atoms with van der Waals surface area (Å²) in [4.78, 5) is 15.0. The van der Waals surface area contributed by atoms with Crippen molar-refractivity contribution in [1.82, 2.24) is 9.80 Å². The lowest BCUT2D eigenvalue weighted by Gasteiger charge is -2.36. The maximum atomic E-state index is 10.5. The van der Waals surface area contributed by atoms with E-state index in [1.807, 2.05) is 20.2 Å². The van der Waals surface area contributed by atoms with Gasteiger partial charge in [-0.05, 0) is 53.0 Å². The van der Waals surface area contributed by atoms with E-state index in [1.54, 1.807) is 0 Å². The van der Waals surface area contributed by atoms with Crippen molar-refractivity contribution in [3.63, 3.8) is 0 Å². The van der Waals surface area contributed by atoms with Crippen molar-refractivity contribution < 1.29 is 9.90 Å². The van der Waals surface area contributed by atoms with Gasteiger partial charge in [0.1, 0.15) is 0 Å². The van der Waals surface area contributed by atoms with E-state index in [0.29, 0.717) is 5.92 Å². The number of piperidine rings is 1. The van der Waals surface area contributed by atoms with Crippen LogP contribution >= 0.6 is 0 Å². The molecular weight excluding hydrogens is 204 g/mol. The molecule has 16 heavy (non-hydrogen) atoms. The Bertz CT molecular complexity index is 256. The molecule has 0 aromatic rings. The Morgan fingerprint density at radius 3 is 2.44 bits per heavy atom. The maximum absolute atomic E-state index is 10.5. The molecule has 4 nitrogen and oxygen atoms in total. The van der Waals surface area contributed by atoms with Crippen LogP contribution in [0.5, 0.6) is 0 Å². The molecule has 1 N–H and O–H groups in total. The molecule has 1 aliphatic rings. The number of hydrogen-bond donors (Lipinski definition) is 1. The number of nitrogens with zero attached hydrogens (tertiary/aromatic N) is 2. The molecule has 0 saturated carbocycles. The summed E-state index contributed by atoms with van der Waals surface area (Å²) in [6, 6.07) is 0.241. The van der Waals surface area contributed by atoms with Gasteiger partial charge in [0.15, 0.2) is 0 Å². The number of rotatable bonds is 4. The fourth-order valence-electron chi connectivity index (χ4n) is 2.30. The van der Waals surface area contributed by atoms with Crippen LogP contribution in [-0.4, -0.2) is 61.2 Å². The van der Waals surface area contributed by atoms with Gasteiger partial charge in [0.05, 0.1) is 0 Å². The molecule has 1 unspecified atom stereocenters. The van der Waals surface area contributed by atoms with Gasteiger partial charge in [-0.15, -0.1) is 0 Å². The van der Waals surface area contributed by atoms with Crippen LogP contribution in [0.2, 0.25) is 0 Å². The van der Waals surface area contributed by atoms with Crippen LogP contribution in [0.1, 0.15) is 12.8 Å². The fourth-order valence-corrected chi connectivity index (χ4v) is 2.30. The van der Waals surface area contributed by atoms with Gasteiger partial charge < -0.3 is 14.9 Å². The molecule has 0 bridgehead atoms. The number of carbonyl (C=O) groups is 1. The summed E-state index contributed by atoms with van der Waals surface area (Å²) >= 11 is 0. The molecule has 0 radical (unpaired) electrons. The van der Waals surface area contributed by atoms with Crippen LogP contribution in [0.15, 0.2) is 12.2 Å². The van der Waals surface area contributed by atoms with Crippen LogP contribution in [-0.2, 0) is 4.79 Å². The molecule has 0 amide bonds. The SMILES string of the molecule is CN1CCC(C(/C=C/C(=O)O)N(C)C)CC1. The highest BCUT2D eigenvalue weighted by molar-refractivity contribution is 5.79. The average Bonchev–Trinajstić information content (AvgIpc) is 2.20. The van der Waals surface area contributed by atoms with Crippen molar-refractivity contribution in [2.75, 3.05) is 34.2 Å². The van der Waals surface area contributed by atoms with Crippen LogP contribution in [0.3, 0.4) is 0 Å². The summed E-state index contributed by atoms with van der Waals surface area (Å²) in [6.07, 6.45) is 5.37. The lowest BCUT2D eigenvalue weighted by Crippen LogP contribution is -2.40. The summed E-state index contributed by atoms with van der Waals surface area (Å²) in [5.41, 5.74) is 0. The highest BCUT2D eigenvalue weighted by Gasteiger charge is 2.24. The first-order valence-corrected chi connectivity index (χ1v) is 5.77. The summed E-state index contributed by atoms with van der Waals surface area (Å²) in [6.45, 7) is 2.21. The van der Waals surface area contributed by atoms with Gasteiger partial charge in [0, 0.05) is 12.1 Å². The van der Waals surface area contributed by atoms with E-state index >= 15 is 0 Å². The van der Waals surface area contributed by atoms with Crippen LogP contribution in [0.25, 0.3) is 0 Å². The third-order valence-electron chi connectivity index (χ3n) is 3.28. The molecule has 4 heteroatoms. The number of hydrogen-bond acceptors (Lipinski definition) is 3. The molecule has 0 aromatic carbocycles. The topological polar surface area (TPSA) is 43.8 Å². The minimum Gasteiger partial charge on any atom is -0.478 e. The molecule has 1 heterocycles. The number of likely N-dealkylation sites (tertiary alicyclic amines) is 1. The minimum absolute atomic E-state index is 0.241. The predicted molar refractivity (Wildman–Crippen MR) is 64.5 cm³/mol. The van der Waals surface area contributed by atoms with Crippen molar-refractivity contribution in [3.8, 4) is 0 Å². The maximum Gasteiger partial charge on any atom is 0.328 e. The first-order chi connectivity index (χ1) is 7.50. The van der Waals surface area contributed by atoms with Gasteiger partial charge in [-0.2, -0.15) is 0 Å². The Balaban J connectivity index is 2.59. The Labute approximate surface area is 97.5 Å². The van der Waals surface area contributed by atoms with E-state index in [-0.39, 0.29) is 6.04 Å². The van der Waals surface area contributed by atoms with Gasteiger partial charge >= 0.3 is 5.97 Å². The second-order valence-electron chi connectivity index (χ2n) is 4.79. The molecule has 0 aliphatic carbocycles. The first-order valence-electron chi connectivity index (χ1n) is 5.77. The van der Waals surface area contributed by atoms with Crippen molar-refractivity contribution >= 4 is 5.97 Å². The Hall–Kier alpha value is -0.870. The molecule has 0 spiro atoms. The van der Waals surface area contributed by atoms with Crippen molar-refractivity contribution in [2.45, 2.75) is 18.9 Å². The van der Waals surface area contributed by atoms with E-state index < -0.39 is 5.97 Å². The first kappa shape index (κ1) is 13.2. The fraction of sp³-hybridized carbons (Fsp3) is 0.750. The molecule has 1 aliphatic heterocycles. The summed E-state index contributed by atoms with van der Waals surface area (Å²) in [7, 11) is 6.15. The van der Waals surface area contributed by atoms with E-state index in [9.17, 15) is 4.79 Å². The average molecular weight is 226 g/mol. The van der Waals surface area contributed by atoms with Gasteiger partial charge in [-0.1, -0.05) is 6.08 Å². The summed E-state index contributed by atoms with van der Waals surface area (Å²) in [5, 5.41) is 8.67. The Morgan fingerprint density at radius 1 is 1.44 bits per heavy atom. The van der Waals surface area contributed by atoms with Gasteiger partial charge in [-0.3, -0.25) is 0 Å². The quantitative estimate of drug-likeness (QED) is 0.723. The standard InChI is InChI=1S/C12H22N2O2/c1-13(2)11(4-5-12(15)16)10-6-8-14(3)9-7-10/h4-5,10-11H,6-9H2,1-3H3,(H,15,16)/b5-4+. The highest BCUT2D eigenvalue weighted by atomic mass is 16.4. The zero-order chi connectivity index (χ0) is 12.1. The lowest BCUT2D eigenvalue weighted by atomic mass is 9.88. The number of aliphatic carboxylic acids is 1. The lowest BCUT2D eigenvalue weighted by molar-refractivity contribution is -0.131. The molecule has 1 saturated heterocycles. The molecule has 0 aromatic heterocycles. The second-order valence-corrected chi connectivity index (χ2v) is 4.79. The number of likely N-dealkylation sites (N-methyl/N-ethyl adjacent to an activating group) is 1. The van der Waals surface area contributed by atoms with Crippen molar-refractivity contribution in [3.05, 3.63) is 12.2 Å². The number of carboxylic acid groups (broad SMARTS) is 1. The van der Waals surface area contributed by atoms with Gasteiger partial charge in [0.2, 0.25) is 0 Å². The third-order valence-corrected chi connectivity index (χ3v) is 3.28. The van der Waals surface area contributed by atoms with E-state index in [1.165, 1.54) is 6.08 Å². The number of carboxylic acids is 1. The monoisotopic (exact) mass is 226 g/mol. The summed E-state index contributed by atoms with van der Waals surface area (Å²) < 4.78 is 0. The second kappa shape index (κ2) is 6.01. The molecule has 1 atom stereocenters. The molecule has 1 rings (SSSR count). The van der Waals surface area contributed by atoms with Crippen LogP contribution < -0.4 is 0 Å². The zero-order valence-electron chi connectivity index (χ0n) is 10.4.